The number of benzene rings is 1. The van der Waals surface area contributed by atoms with Crippen LogP contribution in [0.25, 0.3) is 0 Å². The molecule has 13 heavy (non-hydrogen) atoms. The Balaban J connectivity index is 2.45. The zero-order chi connectivity index (χ0) is 9.47. The minimum Gasteiger partial charge on any atom is -0.319 e. The lowest BCUT2D eigenvalue weighted by Gasteiger charge is -2.40. The van der Waals surface area contributed by atoms with E-state index in [1.807, 2.05) is 0 Å². The lowest BCUT2D eigenvalue weighted by molar-refractivity contribution is 0.286. The average Bonchev–Trinajstić information content (AvgIpc) is 2.06. The summed E-state index contributed by atoms with van der Waals surface area (Å²) in [6.45, 7) is 6.08. The maximum Gasteiger partial charge on any atom is 0.0665 e. The van der Waals surface area contributed by atoms with Gasteiger partial charge in [-0.1, -0.05) is 18.2 Å². The highest BCUT2D eigenvalue weighted by atomic mass is 15.1. The van der Waals surface area contributed by atoms with Crippen molar-refractivity contribution in [2.45, 2.75) is 19.4 Å². The molecule has 1 aromatic carbocycles. The fraction of sp³-hybridized carbons (Fsp3) is 0.455. The Morgan fingerprint density at radius 1 is 1.31 bits per heavy atom. The summed E-state index contributed by atoms with van der Waals surface area (Å²) in [5.41, 5.74) is 10.1. The zero-order valence-electron chi connectivity index (χ0n) is 8.22. The highest BCUT2D eigenvalue weighted by molar-refractivity contribution is 5.39. The molecule has 0 aliphatic carbocycles. The normalized spacial score (nSPS) is 19.6. The molecule has 1 saturated heterocycles. The van der Waals surface area contributed by atoms with Crippen LogP contribution in [0.15, 0.2) is 18.2 Å². The van der Waals surface area contributed by atoms with Crippen LogP contribution in [0.1, 0.15) is 16.7 Å². The van der Waals surface area contributed by atoms with E-state index in [-0.39, 0.29) is 5.54 Å². The minimum absolute atomic E-state index is 0.115. The molecule has 0 aromatic heterocycles. The molecule has 2 rings (SSSR count). The molecule has 70 valence electrons. The van der Waals surface area contributed by atoms with Crippen molar-refractivity contribution >= 4 is 0 Å². The standard InChI is InChI=1S/C11H16N2/c1-8-4-3-5-10(9(8)2)11(12)6-13-7-11/h3-5,13H,6-7,12H2,1-2H3. The van der Waals surface area contributed by atoms with Gasteiger partial charge in [-0.3, -0.25) is 0 Å². The van der Waals surface area contributed by atoms with Crippen molar-refractivity contribution in [2.75, 3.05) is 13.1 Å². The van der Waals surface area contributed by atoms with Crippen molar-refractivity contribution in [1.29, 1.82) is 0 Å². The minimum atomic E-state index is -0.115. The molecule has 0 bridgehead atoms. The molecule has 0 unspecified atom stereocenters. The molecule has 2 heteroatoms. The number of nitrogens with two attached hydrogens (primary N) is 1. The first kappa shape index (κ1) is 8.73. The third kappa shape index (κ3) is 1.26. The molecule has 1 aliphatic rings. The second-order valence-electron chi connectivity index (χ2n) is 4.01. The van der Waals surface area contributed by atoms with Gasteiger partial charge in [-0.25, -0.2) is 0 Å². The SMILES string of the molecule is Cc1cccc(C2(N)CNC2)c1C. The van der Waals surface area contributed by atoms with Crippen LogP contribution in [-0.4, -0.2) is 13.1 Å². The molecule has 0 spiro atoms. The molecule has 3 N–H and O–H groups in total. The van der Waals surface area contributed by atoms with Crippen LogP contribution in [0.4, 0.5) is 0 Å². The Morgan fingerprint density at radius 3 is 2.54 bits per heavy atom. The molecular formula is C11H16N2. The van der Waals surface area contributed by atoms with E-state index < -0.39 is 0 Å². The molecule has 2 nitrogen and oxygen atoms in total. The number of hydrogen-bond donors (Lipinski definition) is 2. The van der Waals surface area contributed by atoms with Gasteiger partial charge in [0.05, 0.1) is 5.54 Å². The number of rotatable bonds is 1. The molecular weight excluding hydrogens is 160 g/mol. The van der Waals surface area contributed by atoms with E-state index in [0.29, 0.717) is 0 Å². The van der Waals surface area contributed by atoms with E-state index in [1.54, 1.807) is 0 Å². The van der Waals surface area contributed by atoms with Crippen LogP contribution in [-0.2, 0) is 5.54 Å². The second kappa shape index (κ2) is 2.82. The molecule has 1 aliphatic heterocycles. The maximum absolute atomic E-state index is 6.23. The first-order valence-corrected chi connectivity index (χ1v) is 4.70. The number of nitrogens with one attached hydrogen (secondary N) is 1. The Labute approximate surface area is 79.1 Å². The third-order valence-electron chi connectivity index (χ3n) is 3.02. The van der Waals surface area contributed by atoms with Gasteiger partial charge in [0, 0.05) is 13.1 Å². The van der Waals surface area contributed by atoms with Gasteiger partial charge in [-0.2, -0.15) is 0 Å². The first-order valence-electron chi connectivity index (χ1n) is 4.70. The van der Waals surface area contributed by atoms with Crippen LogP contribution < -0.4 is 11.1 Å². The molecule has 1 fully saturated rings. The van der Waals surface area contributed by atoms with E-state index in [9.17, 15) is 0 Å². The fourth-order valence-electron chi connectivity index (χ4n) is 1.88. The summed E-state index contributed by atoms with van der Waals surface area (Å²) in [5.74, 6) is 0. The molecule has 0 radical (unpaired) electrons. The van der Waals surface area contributed by atoms with Gasteiger partial charge in [0.2, 0.25) is 0 Å². The summed E-state index contributed by atoms with van der Waals surface area (Å²) < 4.78 is 0. The maximum atomic E-state index is 6.23. The summed E-state index contributed by atoms with van der Waals surface area (Å²) in [6, 6.07) is 6.36. The summed E-state index contributed by atoms with van der Waals surface area (Å²) >= 11 is 0. The summed E-state index contributed by atoms with van der Waals surface area (Å²) in [4.78, 5) is 0. The zero-order valence-corrected chi connectivity index (χ0v) is 8.22. The van der Waals surface area contributed by atoms with Crippen molar-refractivity contribution in [3.8, 4) is 0 Å². The van der Waals surface area contributed by atoms with Crippen molar-refractivity contribution in [2.24, 2.45) is 5.73 Å². The number of hydrogen-bond acceptors (Lipinski definition) is 2. The topological polar surface area (TPSA) is 38.0 Å². The second-order valence-corrected chi connectivity index (χ2v) is 4.01. The molecule has 0 saturated carbocycles. The predicted octanol–water partition coefficient (Wildman–Crippen LogP) is 1.06. The van der Waals surface area contributed by atoms with Crippen LogP contribution in [0, 0.1) is 13.8 Å². The van der Waals surface area contributed by atoms with E-state index in [2.05, 4.69) is 37.4 Å². The quantitative estimate of drug-likeness (QED) is 0.671. The van der Waals surface area contributed by atoms with Crippen molar-refractivity contribution in [1.82, 2.24) is 5.32 Å². The van der Waals surface area contributed by atoms with Gasteiger partial charge in [0.15, 0.2) is 0 Å². The van der Waals surface area contributed by atoms with Crippen LogP contribution >= 0.6 is 0 Å². The average molecular weight is 176 g/mol. The molecule has 0 amide bonds. The lowest BCUT2D eigenvalue weighted by Crippen LogP contribution is -2.63. The highest BCUT2D eigenvalue weighted by Crippen LogP contribution is 2.26. The Morgan fingerprint density at radius 2 is 2.00 bits per heavy atom. The molecule has 1 aromatic rings. The van der Waals surface area contributed by atoms with E-state index in [4.69, 9.17) is 5.73 Å². The third-order valence-corrected chi connectivity index (χ3v) is 3.02. The van der Waals surface area contributed by atoms with Crippen molar-refractivity contribution < 1.29 is 0 Å². The van der Waals surface area contributed by atoms with E-state index in [1.165, 1.54) is 16.7 Å². The van der Waals surface area contributed by atoms with Gasteiger partial charge in [-0.05, 0) is 30.5 Å². The largest absolute Gasteiger partial charge is 0.319 e. The van der Waals surface area contributed by atoms with Gasteiger partial charge in [0.25, 0.3) is 0 Å². The smallest absolute Gasteiger partial charge is 0.0665 e. The predicted molar refractivity (Wildman–Crippen MR) is 54.7 cm³/mol. The van der Waals surface area contributed by atoms with E-state index in [0.717, 1.165) is 13.1 Å². The van der Waals surface area contributed by atoms with E-state index >= 15 is 0 Å². The monoisotopic (exact) mass is 176 g/mol. The summed E-state index contributed by atoms with van der Waals surface area (Å²) in [7, 11) is 0. The number of aryl methyl sites for hydroxylation is 1. The lowest BCUT2D eigenvalue weighted by atomic mass is 9.82. The van der Waals surface area contributed by atoms with Crippen LogP contribution in [0.2, 0.25) is 0 Å². The fourth-order valence-corrected chi connectivity index (χ4v) is 1.88. The van der Waals surface area contributed by atoms with Gasteiger partial charge in [-0.15, -0.1) is 0 Å². The van der Waals surface area contributed by atoms with Crippen molar-refractivity contribution in [3.63, 3.8) is 0 Å². The first-order chi connectivity index (χ1) is 6.13. The van der Waals surface area contributed by atoms with Crippen molar-refractivity contribution in [3.05, 3.63) is 34.9 Å². The van der Waals surface area contributed by atoms with Gasteiger partial charge < -0.3 is 11.1 Å². The Kier molecular flexibility index (Phi) is 1.90. The van der Waals surface area contributed by atoms with Gasteiger partial charge >= 0.3 is 0 Å². The summed E-state index contributed by atoms with van der Waals surface area (Å²) in [6.07, 6.45) is 0. The van der Waals surface area contributed by atoms with Crippen LogP contribution in [0.5, 0.6) is 0 Å². The highest BCUT2D eigenvalue weighted by Gasteiger charge is 2.35. The molecule has 1 heterocycles. The Hall–Kier alpha value is -0.860. The van der Waals surface area contributed by atoms with Gasteiger partial charge in [0.1, 0.15) is 0 Å². The molecule has 0 atom stereocenters. The van der Waals surface area contributed by atoms with Crippen LogP contribution in [0.3, 0.4) is 0 Å². The summed E-state index contributed by atoms with van der Waals surface area (Å²) in [5, 5.41) is 3.22. The Bertz CT molecular complexity index is 327.